The van der Waals surface area contributed by atoms with Crippen molar-refractivity contribution in [2.75, 3.05) is 0 Å². The Bertz CT molecular complexity index is 110. The number of carbonyl (C=O) groups excluding carboxylic acids is 1. The van der Waals surface area contributed by atoms with Gasteiger partial charge in [-0.25, -0.2) is 0 Å². The van der Waals surface area contributed by atoms with Crippen molar-refractivity contribution >= 4 is 21.7 Å². The number of alkyl halides is 1. The summed E-state index contributed by atoms with van der Waals surface area (Å²) in [7, 11) is 0. The van der Waals surface area contributed by atoms with E-state index < -0.39 is 15.7 Å². The zero-order valence-electron chi connectivity index (χ0n) is 4.13. The van der Waals surface area contributed by atoms with Crippen molar-refractivity contribution in [2.24, 2.45) is 0 Å². The molecule has 0 aromatic carbocycles. The van der Waals surface area contributed by atoms with Gasteiger partial charge in [0.05, 0.1) is 0 Å². The van der Waals surface area contributed by atoms with Crippen LogP contribution in [0.4, 0.5) is 0 Å². The van der Waals surface area contributed by atoms with Crippen molar-refractivity contribution in [1.82, 2.24) is 0 Å². The highest BCUT2D eigenvalue weighted by Crippen LogP contribution is 1.99. The predicted octanol–water partition coefficient (Wildman–Crippen LogP) is 0.573. The third-order valence-corrected chi connectivity index (χ3v) is 1.50. The van der Waals surface area contributed by atoms with Crippen molar-refractivity contribution < 1.29 is 9.72 Å². The largest absolute Gasteiger partial charge is 0.322 e. The predicted molar refractivity (Wildman–Crippen MR) is 30.4 cm³/mol. The smallest absolute Gasteiger partial charge is 0.291 e. The SMILES string of the molecule is CC(=O)C(Br)[N+](=O)[O-]. The average Bonchev–Trinajstić information content (AvgIpc) is 1.64. The lowest BCUT2D eigenvalue weighted by Crippen LogP contribution is -2.19. The van der Waals surface area contributed by atoms with E-state index in [1.54, 1.807) is 0 Å². The summed E-state index contributed by atoms with van der Waals surface area (Å²) in [6.45, 7) is 1.15. The van der Waals surface area contributed by atoms with Crippen LogP contribution >= 0.6 is 15.9 Å². The van der Waals surface area contributed by atoms with Gasteiger partial charge in [-0.15, -0.1) is 0 Å². The third kappa shape index (κ3) is 2.02. The van der Waals surface area contributed by atoms with Crippen LogP contribution in [0.1, 0.15) is 6.92 Å². The fraction of sp³-hybridized carbons (Fsp3) is 0.667. The van der Waals surface area contributed by atoms with Gasteiger partial charge in [-0.1, -0.05) is 0 Å². The number of carbonyl (C=O) groups is 1. The molecule has 5 heteroatoms. The van der Waals surface area contributed by atoms with Gasteiger partial charge in [-0.3, -0.25) is 14.9 Å². The summed E-state index contributed by atoms with van der Waals surface area (Å²) < 4.78 is 0. The molecule has 0 heterocycles. The number of hydrogen-bond donors (Lipinski definition) is 0. The molecule has 46 valence electrons. The minimum absolute atomic E-state index is 0.491. The Morgan fingerprint density at radius 1 is 1.88 bits per heavy atom. The maximum Gasteiger partial charge on any atom is 0.322 e. The summed E-state index contributed by atoms with van der Waals surface area (Å²) in [6, 6.07) is 0. The van der Waals surface area contributed by atoms with Crippen molar-refractivity contribution in [1.29, 1.82) is 0 Å². The summed E-state index contributed by atoms with van der Waals surface area (Å²) in [5.41, 5.74) is 0. The number of rotatable bonds is 2. The van der Waals surface area contributed by atoms with Crippen LogP contribution in [0.5, 0.6) is 0 Å². The van der Waals surface area contributed by atoms with E-state index in [1.165, 1.54) is 0 Å². The molecule has 0 bridgehead atoms. The highest BCUT2D eigenvalue weighted by Gasteiger charge is 2.19. The number of Topliss-reactive ketones (excluding diaryl/α,β-unsaturated/α-hetero) is 1. The molecule has 0 rings (SSSR count). The Hall–Kier alpha value is -0.450. The van der Waals surface area contributed by atoms with Gasteiger partial charge in [0.1, 0.15) is 0 Å². The summed E-state index contributed by atoms with van der Waals surface area (Å²) >= 11 is 2.56. The molecule has 0 aliphatic rings. The van der Waals surface area contributed by atoms with Crippen molar-refractivity contribution in [2.45, 2.75) is 11.9 Å². The second-order valence-electron chi connectivity index (χ2n) is 1.23. The number of ketones is 1. The summed E-state index contributed by atoms with van der Waals surface area (Å²) in [6.07, 6.45) is 0. The molecule has 0 aliphatic heterocycles. The first-order valence-corrected chi connectivity index (χ1v) is 2.75. The van der Waals surface area contributed by atoms with Crippen LogP contribution in [0.2, 0.25) is 0 Å². The summed E-state index contributed by atoms with van der Waals surface area (Å²) in [5, 5.41) is 9.68. The van der Waals surface area contributed by atoms with Crippen molar-refractivity contribution in [3.05, 3.63) is 10.1 Å². The van der Waals surface area contributed by atoms with Gasteiger partial charge < -0.3 is 0 Å². The topological polar surface area (TPSA) is 60.2 Å². The molecule has 1 unspecified atom stereocenters. The van der Waals surface area contributed by atoms with Gasteiger partial charge >= 0.3 is 4.95 Å². The molecule has 0 aliphatic carbocycles. The lowest BCUT2D eigenvalue weighted by Gasteiger charge is -1.92. The number of halogens is 1. The minimum atomic E-state index is -1.23. The fourth-order valence-electron chi connectivity index (χ4n) is 0.148. The van der Waals surface area contributed by atoms with Gasteiger partial charge in [0, 0.05) is 27.8 Å². The van der Waals surface area contributed by atoms with Crippen molar-refractivity contribution in [3.8, 4) is 0 Å². The monoisotopic (exact) mass is 181 g/mol. The molecule has 8 heavy (non-hydrogen) atoms. The quantitative estimate of drug-likeness (QED) is 0.271. The number of nitro groups is 1. The third-order valence-electron chi connectivity index (χ3n) is 0.521. The van der Waals surface area contributed by atoms with Crippen LogP contribution in [0.3, 0.4) is 0 Å². The van der Waals surface area contributed by atoms with Crippen LogP contribution in [0.15, 0.2) is 0 Å². The van der Waals surface area contributed by atoms with E-state index in [2.05, 4.69) is 15.9 Å². The Kier molecular flexibility index (Phi) is 2.60. The van der Waals surface area contributed by atoms with Crippen LogP contribution in [-0.2, 0) is 4.79 Å². The maximum atomic E-state index is 10.1. The first-order valence-electron chi connectivity index (χ1n) is 1.83. The van der Waals surface area contributed by atoms with E-state index >= 15 is 0 Å². The molecule has 0 spiro atoms. The molecule has 0 fully saturated rings. The minimum Gasteiger partial charge on any atom is -0.291 e. The van der Waals surface area contributed by atoms with Crippen molar-refractivity contribution in [3.63, 3.8) is 0 Å². The fourth-order valence-corrected chi connectivity index (χ4v) is 0.148. The van der Waals surface area contributed by atoms with E-state index in [9.17, 15) is 14.9 Å². The van der Waals surface area contributed by atoms with E-state index in [4.69, 9.17) is 0 Å². The zero-order valence-corrected chi connectivity index (χ0v) is 5.71. The molecular formula is C3H4BrNO3. The normalized spacial score (nSPS) is 12.8. The second kappa shape index (κ2) is 2.76. The van der Waals surface area contributed by atoms with Crippen LogP contribution in [0.25, 0.3) is 0 Å². The van der Waals surface area contributed by atoms with Gasteiger partial charge in [0.15, 0.2) is 0 Å². The van der Waals surface area contributed by atoms with E-state index in [1.807, 2.05) is 0 Å². The van der Waals surface area contributed by atoms with Crippen LogP contribution in [-0.4, -0.2) is 15.7 Å². The summed E-state index contributed by atoms with van der Waals surface area (Å²) in [5.74, 6) is -0.491. The highest BCUT2D eigenvalue weighted by molar-refractivity contribution is 9.09. The molecule has 0 N–H and O–H groups in total. The maximum absolute atomic E-state index is 10.1. The highest BCUT2D eigenvalue weighted by atomic mass is 79.9. The molecule has 0 amide bonds. The number of hydrogen-bond acceptors (Lipinski definition) is 3. The zero-order chi connectivity index (χ0) is 6.73. The number of nitrogens with zero attached hydrogens (tertiary/aromatic N) is 1. The second-order valence-corrected chi connectivity index (χ2v) is 2.10. The van der Waals surface area contributed by atoms with Gasteiger partial charge in [-0.05, 0) is 0 Å². The van der Waals surface area contributed by atoms with E-state index in [0.29, 0.717) is 0 Å². The van der Waals surface area contributed by atoms with Gasteiger partial charge in [0.25, 0.3) is 0 Å². The molecule has 0 aromatic heterocycles. The molecule has 4 nitrogen and oxygen atoms in total. The standard InChI is InChI=1S/C3H4BrNO3/c1-2(6)3(4)5(7)8/h3H,1H3. The first kappa shape index (κ1) is 7.55. The Morgan fingerprint density at radius 2 is 2.25 bits per heavy atom. The van der Waals surface area contributed by atoms with Crippen LogP contribution < -0.4 is 0 Å². The lowest BCUT2D eigenvalue weighted by molar-refractivity contribution is -0.479. The molecule has 0 aromatic rings. The Labute approximate surface area is 54.2 Å². The molecule has 0 radical (unpaired) electrons. The van der Waals surface area contributed by atoms with Gasteiger partial charge in [0.2, 0.25) is 5.78 Å². The summed E-state index contributed by atoms with van der Waals surface area (Å²) in [4.78, 5) is 17.8. The molecule has 0 saturated heterocycles. The first-order chi connectivity index (χ1) is 3.55. The van der Waals surface area contributed by atoms with E-state index in [0.717, 1.165) is 6.92 Å². The van der Waals surface area contributed by atoms with Gasteiger partial charge in [-0.2, -0.15) is 0 Å². The molecule has 1 atom stereocenters. The average molecular weight is 182 g/mol. The Balaban J connectivity index is 3.83. The lowest BCUT2D eigenvalue weighted by atomic mass is 10.5. The Morgan fingerprint density at radius 3 is 2.25 bits per heavy atom. The molecule has 0 saturated carbocycles. The molecular weight excluding hydrogens is 178 g/mol. The van der Waals surface area contributed by atoms with Crippen LogP contribution in [0, 0.1) is 10.1 Å². The van der Waals surface area contributed by atoms with E-state index in [-0.39, 0.29) is 0 Å².